The van der Waals surface area contributed by atoms with Crippen molar-refractivity contribution in [3.63, 3.8) is 0 Å². The van der Waals surface area contributed by atoms with Crippen LogP contribution in [0.2, 0.25) is 5.02 Å². The Labute approximate surface area is 188 Å². The molecule has 10 heteroatoms. The van der Waals surface area contributed by atoms with Gasteiger partial charge in [0.15, 0.2) is 5.82 Å². The normalized spacial score (nSPS) is 20.1. The number of nitrogens with two attached hydrogens (primary N) is 2. The average molecular weight is 457 g/mol. The van der Waals surface area contributed by atoms with Gasteiger partial charge in [-0.2, -0.15) is 0 Å². The molecule has 0 bridgehead atoms. The summed E-state index contributed by atoms with van der Waals surface area (Å²) in [5.41, 5.74) is 13.3. The summed E-state index contributed by atoms with van der Waals surface area (Å²) in [7, 11) is 0. The van der Waals surface area contributed by atoms with Crippen molar-refractivity contribution in [2.45, 2.75) is 28.4 Å². The highest BCUT2D eigenvalue weighted by molar-refractivity contribution is 7.99. The van der Waals surface area contributed by atoms with Crippen LogP contribution in [0.15, 0.2) is 52.6 Å². The number of aromatic nitrogens is 3. The van der Waals surface area contributed by atoms with Gasteiger partial charge in [0.05, 0.1) is 23.8 Å². The minimum Gasteiger partial charge on any atom is -0.491 e. The van der Waals surface area contributed by atoms with Crippen LogP contribution in [0.1, 0.15) is 18.0 Å². The predicted octanol–water partition coefficient (Wildman–Crippen LogP) is 3.31. The van der Waals surface area contributed by atoms with Crippen LogP contribution in [0.25, 0.3) is 0 Å². The molecule has 2 aliphatic heterocycles. The molecule has 1 aromatic carbocycles. The number of rotatable bonds is 2. The highest BCUT2D eigenvalue weighted by atomic mass is 35.5. The Hall–Kier alpha value is -2.75. The maximum atomic E-state index is 6.52. The Balaban J connectivity index is 1.41. The molecule has 31 heavy (non-hydrogen) atoms. The molecule has 4 heterocycles. The standard InChI is InChI=1S/C21H21ClN6O2S/c22-18-16(5-6-25-19(18)24)31-17-10-26-20-21(27-17)30-11-12-9-14(23)13-3-1-2-4-15(13)29-8-7-28(12)20/h1-6,10,12,14H,7-9,11,23H2,(H2,24,25)/t12-,14+/m1/s1. The van der Waals surface area contributed by atoms with Gasteiger partial charge in [-0.15, -0.1) is 0 Å². The number of nitrogens with zero attached hydrogens (tertiary/aromatic N) is 4. The number of anilines is 2. The van der Waals surface area contributed by atoms with E-state index < -0.39 is 0 Å². The van der Waals surface area contributed by atoms with E-state index in [4.69, 9.17) is 32.5 Å². The Morgan fingerprint density at radius 3 is 2.94 bits per heavy atom. The molecule has 4 N–H and O–H groups in total. The summed E-state index contributed by atoms with van der Waals surface area (Å²) in [5.74, 6) is 2.31. The van der Waals surface area contributed by atoms with Crippen molar-refractivity contribution in [2.24, 2.45) is 5.73 Å². The monoisotopic (exact) mass is 456 g/mol. The van der Waals surface area contributed by atoms with Crippen LogP contribution in [-0.4, -0.2) is 40.8 Å². The lowest BCUT2D eigenvalue weighted by Crippen LogP contribution is -2.46. The Bertz CT molecular complexity index is 1120. The minimum absolute atomic E-state index is 0.0829. The summed E-state index contributed by atoms with van der Waals surface area (Å²) in [6.45, 7) is 1.66. The fourth-order valence-electron chi connectivity index (χ4n) is 3.84. The van der Waals surface area contributed by atoms with Gasteiger partial charge in [0.1, 0.15) is 29.8 Å². The first-order valence-electron chi connectivity index (χ1n) is 9.92. The minimum atomic E-state index is -0.158. The number of halogens is 1. The third-order valence-corrected chi connectivity index (χ3v) is 6.83. The number of nitrogen functional groups attached to an aromatic ring is 1. The molecule has 0 amide bonds. The molecule has 2 atom stereocenters. The quantitative estimate of drug-likeness (QED) is 0.599. The van der Waals surface area contributed by atoms with E-state index in [0.29, 0.717) is 41.5 Å². The van der Waals surface area contributed by atoms with Crippen LogP contribution in [-0.2, 0) is 0 Å². The number of benzene rings is 1. The van der Waals surface area contributed by atoms with Gasteiger partial charge in [0.25, 0.3) is 5.88 Å². The van der Waals surface area contributed by atoms with Crippen molar-refractivity contribution >= 4 is 35.0 Å². The van der Waals surface area contributed by atoms with Gasteiger partial charge in [-0.1, -0.05) is 41.6 Å². The smallest absolute Gasteiger partial charge is 0.258 e. The van der Waals surface area contributed by atoms with Gasteiger partial charge in [-0.25, -0.2) is 15.0 Å². The maximum absolute atomic E-state index is 6.52. The number of ether oxygens (including phenoxy) is 2. The number of hydrogen-bond acceptors (Lipinski definition) is 9. The zero-order valence-corrected chi connectivity index (χ0v) is 18.1. The fraction of sp³-hybridized carbons (Fsp3) is 0.286. The number of pyridine rings is 1. The van der Waals surface area contributed by atoms with Gasteiger partial charge in [-0.3, -0.25) is 0 Å². The lowest BCUT2D eigenvalue weighted by Gasteiger charge is -2.37. The molecule has 0 aliphatic carbocycles. The van der Waals surface area contributed by atoms with Crippen LogP contribution in [0, 0.1) is 0 Å². The number of fused-ring (bicyclic) bond motifs is 4. The van der Waals surface area contributed by atoms with Crippen molar-refractivity contribution < 1.29 is 9.47 Å². The lowest BCUT2D eigenvalue weighted by atomic mass is 9.98. The summed E-state index contributed by atoms with van der Waals surface area (Å²) in [6, 6.07) is 9.64. The Morgan fingerprint density at radius 1 is 1.16 bits per heavy atom. The van der Waals surface area contributed by atoms with Gasteiger partial charge in [-0.05, 0) is 18.6 Å². The van der Waals surface area contributed by atoms with Crippen molar-refractivity contribution in [1.29, 1.82) is 0 Å². The van der Waals surface area contributed by atoms with Crippen molar-refractivity contribution in [3.8, 4) is 11.6 Å². The van der Waals surface area contributed by atoms with E-state index in [1.807, 2.05) is 24.3 Å². The number of hydrogen-bond donors (Lipinski definition) is 2. The molecule has 3 aromatic rings. The molecule has 160 valence electrons. The summed E-state index contributed by atoms with van der Waals surface area (Å²) >= 11 is 7.62. The first-order valence-corrected chi connectivity index (χ1v) is 11.1. The largest absolute Gasteiger partial charge is 0.491 e. The van der Waals surface area contributed by atoms with E-state index in [1.165, 1.54) is 11.8 Å². The first kappa shape index (κ1) is 20.2. The van der Waals surface area contributed by atoms with Crippen LogP contribution < -0.4 is 25.8 Å². The van der Waals surface area contributed by atoms with E-state index >= 15 is 0 Å². The van der Waals surface area contributed by atoms with Gasteiger partial charge in [0.2, 0.25) is 0 Å². The second-order valence-corrected chi connectivity index (χ2v) is 8.77. The Morgan fingerprint density at radius 2 is 2.03 bits per heavy atom. The third-order valence-electron chi connectivity index (χ3n) is 5.36. The topological polar surface area (TPSA) is 112 Å². The van der Waals surface area contributed by atoms with Gasteiger partial charge in [0, 0.05) is 22.7 Å². The zero-order chi connectivity index (χ0) is 21.4. The number of para-hydroxylation sites is 1. The van der Waals surface area contributed by atoms with Crippen molar-refractivity contribution in [2.75, 3.05) is 30.4 Å². The summed E-state index contributed by atoms with van der Waals surface area (Å²) < 4.78 is 12.0. The van der Waals surface area contributed by atoms with Crippen LogP contribution in [0.3, 0.4) is 0 Å². The fourth-order valence-corrected chi connectivity index (χ4v) is 4.85. The van der Waals surface area contributed by atoms with Crippen molar-refractivity contribution in [1.82, 2.24) is 15.0 Å². The Kier molecular flexibility index (Phi) is 5.47. The van der Waals surface area contributed by atoms with E-state index in [1.54, 1.807) is 18.5 Å². The second kappa shape index (κ2) is 8.41. The van der Waals surface area contributed by atoms with Gasteiger partial charge >= 0.3 is 0 Å². The van der Waals surface area contributed by atoms with Crippen LogP contribution in [0.4, 0.5) is 11.6 Å². The summed E-state index contributed by atoms with van der Waals surface area (Å²) in [5, 5.41) is 1.06. The third kappa shape index (κ3) is 3.96. The van der Waals surface area contributed by atoms with E-state index in [0.717, 1.165) is 22.6 Å². The molecule has 0 spiro atoms. The molecule has 0 saturated heterocycles. The molecule has 0 saturated carbocycles. The van der Waals surface area contributed by atoms with Crippen LogP contribution in [0.5, 0.6) is 11.6 Å². The molecule has 2 aromatic heterocycles. The molecule has 0 unspecified atom stereocenters. The molecule has 0 radical (unpaired) electrons. The average Bonchev–Trinajstić information content (AvgIpc) is 2.84. The van der Waals surface area contributed by atoms with Crippen molar-refractivity contribution in [3.05, 3.63) is 53.3 Å². The second-order valence-electron chi connectivity index (χ2n) is 7.33. The van der Waals surface area contributed by atoms with Gasteiger partial charge < -0.3 is 25.8 Å². The first-order chi connectivity index (χ1) is 15.1. The summed E-state index contributed by atoms with van der Waals surface area (Å²) in [4.78, 5) is 16.2. The molecule has 2 aliphatic rings. The predicted molar refractivity (Wildman–Crippen MR) is 120 cm³/mol. The molecule has 8 nitrogen and oxygen atoms in total. The van der Waals surface area contributed by atoms with E-state index in [2.05, 4.69) is 19.9 Å². The van der Waals surface area contributed by atoms with E-state index in [9.17, 15) is 0 Å². The molecular formula is C21H21ClN6O2S. The SMILES string of the molecule is Nc1nccc(Sc2cnc3c(n2)OC[C@H]2C[C@H](N)c4ccccc4OCCN32)c1Cl. The maximum Gasteiger partial charge on any atom is 0.258 e. The van der Waals surface area contributed by atoms with E-state index in [-0.39, 0.29) is 17.9 Å². The lowest BCUT2D eigenvalue weighted by molar-refractivity contribution is 0.231. The summed E-state index contributed by atoms with van der Waals surface area (Å²) in [6.07, 6.45) is 4.05. The molecule has 5 rings (SSSR count). The zero-order valence-electron chi connectivity index (χ0n) is 16.6. The molecule has 0 fully saturated rings. The molecular weight excluding hydrogens is 436 g/mol. The highest BCUT2D eigenvalue weighted by Gasteiger charge is 2.33. The highest BCUT2D eigenvalue weighted by Crippen LogP contribution is 2.39. The van der Waals surface area contributed by atoms with Crippen LogP contribution >= 0.6 is 23.4 Å².